The van der Waals surface area contributed by atoms with Crippen LogP contribution in [0.25, 0.3) is 0 Å². The fourth-order valence-electron chi connectivity index (χ4n) is 1.15. The summed E-state index contributed by atoms with van der Waals surface area (Å²) in [6.45, 7) is 0.239. The quantitative estimate of drug-likeness (QED) is 0.627. The molecule has 1 aromatic carbocycles. The topological polar surface area (TPSA) is 69.4 Å². The molecule has 0 aliphatic heterocycles. The van der Waals surface area contributed by atoms with Gasteiger partial charge in [-0.2, -0.15) is 0 Å². The lowest BCUT2D eigenvalue weighted by molar-refractivity contribution is 0.319. The minimum Gasteiger partial charge on any atom is -0.491 e. The summed E-state index contributed by atoms with van der Waals surface area (Å²) >= 11 is 0. The van der Waals surface area contributed by atoms with Crippen molar-refractivity contribution in [1.29, 1.82) is 0 Å². The highest BCUT2D eigenvalue weighted by Gasteiger charge is 2.04. The van der Waals surface area contributed by atoms with Crippen LogP contribution in [0.3, 0.4) is 0 Å². The van der Waals surface area contributed by atoms with Gasteiger partial charge in [0.2, 0.25) is 0 Å². The average Bonchev–Trinajstić information content (AvgIpc) is 2.13. The van der Waals surface area contributed by atoms with Crippen molar-refractivity contribution in [3.8, 4) is 5.75 Å². The second kappa shape index (κ2) is 5.16. The lowest BCUT2D eigenvalue weighted by Crippen LogP contribution is -2.08. The Balaban J connectivity index is 2.43. The van der Waals surface area contributed by atoms with Crippen LogP contribution in [0.2, 0.25) is 0 Å². The van der Waals surface area contributed by atoms with Crippen LogP contribution >= 0.6 is 0 Å². The van der Waals surface area contributed by atoms with Crippen LogP contribution in [-0.2, 0) is 9.84 Å². The first-order valence-electron chi connectivity index (χ1n) is 4.74. The minimum absolute atomic E-state index is 0.0636. The summed E-state index contributed by atoms with van der Waals surface area (Å²) in [4.78, 5) is 0. The highest BCUT2D eigenvalue weighted by atomic mass is 32.2. The predicted octanol–water partition coefficient (Wildman–Crippen LogP) is 1.22. The van der Waals surface area contributed by atoms with Gasteiger partial charge in [0.1, 0.15) is 21.4 Å². The van der Waals surface area contributed by atoms with Crippen molar-refractivity contribution in [2.24, 2.45) is 0 Å². The summed E-state index contributed by atoms with van der Waals surface area (Å²) in [5.41, 5.74) is 5.71. The second-order valence-corrected chi connectivity index (χ2v) is 5.77. The lowest BCUT2D eigenvalue weighted by Gasteiger charge is -2.08. The maximum atomic E-state index is 12.7. The van der Waals surface area contributed by atoms with Gasteiger partial charge in [-0.05, 0) is 18.6 Å². The van der Waals surface area contributed by atoms with Gasteiger partial charge in [0.05, 0.1) is 18.0 Å². The van der Waals surface area contributed by atoms with Gasteiger partial charge in [0.15, 0.2) is 0 Å². The fourth-order valence-corrected chi connectivity index (χ4v) is 1.80. The molecular formula is C10H14FNO3S. The minimum atomic E-state index is -2.97. The van der Waals surface area contributed by atoms with Crippen molar-refractivity contribution in [3.05, 3.63) is 24.0 Å². The Morgan fingerprint density at radius 2 is 2.12 bits per heavy atom. The number of hydrogen-bond acceptors (Lipinski definition) is 4. The molecule has 0 aliphatic rings. The van der Waals surface area contributed by atoms with Crippen LogP contribution in [0, 0.1) is 5.82 Å². The first kappa shape index (κ1) is 12.8. The van der Waals surface area contributed by atoms with Crippen LogP contribution in [-0.4, -0.2) is 27.0 Å². The summed E-state index contributed by atoms with van der Waals surface area (Å²) in [5, 5.41) is 0. The van der Waals surface area contributed by atoms with E-state index in [1.807, 2.05) is 0 Å². The normalized spacial score (nSPS) is 11.4. The second-order valence-electron chi connectivity index (χ2n) is 3.51. The molecule has 0 bridgehead atoms. The van der Waals surface area contributed by atoms with Crippen molar-refractivity contribution < 1.29 is 17.5 Å². The van der Waals surface area contributed by atoms with Gasteiger partial charge in [-0.15, -0.1) is 0 Å². The third-order valence-electron chi connectivity index (χ3n) is 1.89. The molecule has 6 heteroatoms. The van der Waals surface area contributed by atoms with E-state index in [1.165, 1.54) is 18.4 Å². The van der Waals surface area contributed by atoms with Gasteiger partial charge < -0.3 is 10.5 Å². The van der Waals surface area contributed by atoms with Crippen molar-refractivity contribution in [1.82, 2.24) is 0 Å². The van der Waals surface area contributed by atoms with E-state index in [1.54, 1.807) is 0 Å². The number of hydrogen-bond donors (Lipinski definition) is 1. The highest BCUT2D eigenvalue weighted by Crippen LogP contribution is 2.21. The average molecular weight is 247 g/mol. The van der Waals surface area contributed by atoms with Gasteiger partial charge in [0.25, 0.3) is 0 Å². The first-order chi connectivity index (χ1) is 7.38. The molecule has 0 saturated heterocycles. The molecule has 2 N–H and O–H groups in total. The molecule has 1 aromatic rings. The summed E-state index contributed by atoms with van der Waals surface area (Å²) in [5.74, 6) is 0.00423. The number of anilines is 1. The number of sulfone groups is 1. The first-order valence-corrected chi connectivity index (χ1v) is 6.80. The van der Waals surface area contributed by atoms with E-state index in [0.717, 1.165) is 6.07 Å². The predicted molar refractivity (Wildman–Crippen MR) is 60.6 cm³/mol. The molecule has 16 heavy (non-hydrogen) atoms. The molecule has 1 rings (SSSR count). The van der Waals surface area contributed by atoms with Gasteiger partial charge in [-0.1, -0.05) is 0 Å². The van der Waals surface area contributed by atoms with Gasteiger partial charge >= 0.3 is 0 Å². The van der Waals surface area contributed by atoms with Crippen LogP contribution in [0.15, 0.2) is 18.2 Å². The van der Waals surface area contributed by atoms with Crippen LogP contribution < -0.4 is 10.5 Å². The highest BCUT2D eigenvalue weighted by molar-refractivity contribution is 7.90. The molecule has 0 atom stereocenters. The number of benzene rings is 1. The molecule has 0 amide bonds. The van der Waals surface area contributed by atoms with Crippen molar-refractivity contribution >= 4 is 15.5 Å². The maximum absolute atomic E-state index is 12.7. The van der Waals surface area contributed by atoms with E-state index in [2.05, 4.69) is 0 Å². The number of halogens is 1. The zero-order chi connectivity index (χ0) is 12.2. The zero-order valence-corrected chi connectivity index (χ0v) is 9.76. The largest absolute Gasteiger partial charge is 0.491 e. The van der Waals surface area contributed by atoms with Crippen molar-refractivity contribution in [3.63, 3.8) is 0 Å². The van der Waals surface area contributed by atoms with Gasteiger partial charge in [-0.25, -0.2) is 12.8 Å². The van der Waals surface area contributed by atoms with E-state index in [4.69, 9.17) is 10.5 Å². The third kappa shape index (κ3) is 4.48. The van der Waals surface area contributed by atoms with E-state index < -0.39 is 15.7 Å². The maximum Gasteiger partial charge on any atom is 0.147 e. The Hall–Kier alpha value is -1.30. The summed E-state index contributed by atoms with van der Waals surface area (Å²) in [6.07, 6.45) is 1.55. The number of nitrogens with two attached hydrogens (primary N) is 1. The lowest BCUT2D eigenvalue weighted by atomic mass is 10.3. The summed E-state index contributed by atoms with van der Waals surface area (Å²) in [7, 11) is -2.97. The molecule has 0 radical (unpaired) electrons. The Morgan fingerprint density at radius 1 is 1.44 bits per heavy atom. The van der Waals surface area contributed by atoms with Crippen molar-refractivity contribution in [2.45, 2.75) is 6.42 Å². The molecule has 90 valence electrons. The summed E-state index contributed by atoms with van der Waals surface area (Å²) < 4.78 is 39.6. The Bertz CT molecular complexity index is 459. The third-order valence-corrected chi connectivity index (χ3v) is 2.92. The molecule has 0 aromatic heterocycles. The molecule has 0 aliphatic carbocycles. The molecule has 0 saturated carbocycles. The molecule has 0 spiro atoms. The molecule has 4 nitrogen and oxygen atoms in total. The Kier molecular flexibility index (Phi) is 4.12. The van der Waals surface area contributed by atoms with E-state index >= 15 is 0 Å². The van der Waals surface area contributed by atoms with Crippen molar-refractivity contribution in [2.75, 3.05) is 24.3 Å². The molecule has 0 unspecified atom stereocenters. The Morgan fingerprint density at radius 3 is 2.69 bits per heavy atom. The van der Waals surface area contributed by atoms with Crippen LogP contribution in [0.1, 0.15) is 6.42 Å². The molecule has 0 fully saturated rings. The number of nitrogen functional groups attached to an aromatic ring is 1. The summed E-state index contributed by atoms with van der Waals surface area (Å²) in [6, 6.07) is 3.82. The standard InChI is InChI=1S/C10H14FNO3S/c1-16(13,14)6-2-5-15-10-4-3-8(11)7-9(10)12/h3-4,7H,2,5-6,12H2,1H3. The van der Waals surface area contributed by atoms with E-state index in [0.29, 0.717) is 12.2 Å². The number of ether oxygens (including phenoxy) is 1. The molecule has 0 heterocycles. The van der Waals surface area contributed by atoms with E-state index in [9.17, 15) is 12.8 Å². The van der Waals surface area contributed by atoms with Crippen LogP contribution in [0.4, 0.5) is 10.1 Å². The number of rotatable bonds is 5. The molecular weight excluding hydrogens is 233 g/mol. The fraction of sp³-hybridized carbons (Fsp3) is 0.400. The monoisotopic (exact) mass is 247 g/mol. The van der Waals surface area contributed by atoms with Gasteiger partial charge in [-0.3, -0.25) is 0 Å². The smallest absolute Gasteiger partial charge is 0.147 e. The van der Waals surface area contributed by atoms with Crippen LogP contribution in [0.5, 0.6) is 5.75 Å². The SMILES string of the molecule is CS(=O)(=O)CCCOc1ccc(F)cc1N. The van der Waals surface area contributed by atoms with Gasteiger partial charge in [0, 0.05) is 12.3 Å². The van der Waals surface area contributed by atoms with E-state index in [-0.39, 0.29) is 18.0 Å². The Labute approximate surface area is 94.1 Å². The zero-order valence-electron chi connectivity index (χ0n) is 8.94.